The predicted molar refractivity (Wildman–Crippen MR) is 123 cm³/mol. The maximum absolute atomic E-state index is 5.93. The molecule has 0 spiro atoms. The van der Waals surface area contributed by atoms with Gasteiger partial charge in [0, 0.05) is 43.7 Å². The Labute approximate surface area is 185 Å². The summed E-state index contributed by atoms with van der Waals surface area (Å²) >= 11 is 0. The highest BCUT2D eigenvalue weighted by Crippen LogP contribution is 2.34. The van der Waals surface area contributed by atoms with E-state index >= 15 is 0 Å². The molecule has 0 radical (unpaired) electrons. The van der Waals surface area contributed by atoms with Crippen molar-refractivity contribution in [1.29, 1.82) is 0 Å². The molecule has 1 saturated carbocycles. The van der Waals surface area contributed by atoms with E-state index in [1.807, 2.05) is 12.1 Å². The van der Waals surface area contributed by atoms with Crippen LogP contribution >= 0.6 is 24.0 Å². The summed E-state index contributed by atoms with van der Waals surface area (Å²) < 4.78 is 11.7. The lowest BCUT2D eigenvalue weighted by molar-refractivity contribution is 0.296. The zero-order valence-electron chi connectivity index (χ0n) is 16.9. The molecular weight excluding hydrogens is 467 g/mol. The van der Waals surface area contributed by atoms with Crippen molar-refractivity contribution in [3.63, 3.8) is 0 Å². The fourth-order valence-corrected chi connectivity index (χ4v) is 3.97. The molecule has 4 rings (SSSR count). The van der Waals surface area contributed by atoms with Crippen LogP contribution in [0.3, 0.4) is 0 Å². The predicted octanol–water partition coefficient (Wildman–Crippen LogP) is 3.00. The molecular formula is C21H33IN4O2. The minimum absolute atomic E-state index is 0. The molecule has 1 aliphatic carbocycles. The van der Waals surface area contributed by atoms with E-state index in [1.54, 1.807) is 0 Å². The molecule has 28 heavy (non-hydrogen) atoms. The summed E-state index contributed by atoms with van der Waals surface area (Å²) in [4.78, 5) is 7.48. The van der Waals surface area contributed by atoms with Crippen molar-refractivity contribution >= 4 is 29.9 Å². The van der Waals surface area contributed by atoms with Gasteiger partial charge in [-0.2, -0.15) is 0 Å². The number of nitrogens with one attached hydrogen (secondary N) is 2. The molecule has 2 N–H and O–H groups in total. The Bertz CT molecular complexity index is 680. The maximum atomic E-state index is 5.93. The SMILES string of the molecule is CCNC(=NCc1cccc2c1OCCCO2)NC1CN(C2CC2)CC1C.I. The first-order chi connectivity index (χ1) is 13.2. The van der Waals surface area contributed by atoms with Crippen molar-refractivity contribution in [3.8, 4) is 11.5 Å². The first-order valence-corrected chi connectivity index (χ1v) is 10.4. The second-order valence-electron chi connectivity index (χ2n) is 7.90. The standard InChI is InChI=1S/C21H32N4O2.HI/c1-3-22-21(24-18-14-25(13-15(18)2)17-8-9-17)23-12-16-6-4-7-19-20(16)27-11-5-10-26-19;/h4,6-7,15,17-18H,3,5,8-14H2,1-2H3,(H2,22,23,24);1H. The van der Waals surface area contributed by atoms with Gasteiger partial charge in [-0.1, -0.05) is 19.1 Å². The Morgan fingerprint density at radius 3 is 2.82 bits per heavy atom. The Hall–Kier alpha value is -1.22. The van der Waals surface area contributed by atoms with Gasteiger partial charge in [-0.15, -0.1) is 24.0 Å². The van der Waals surface area contributed by atoms with Crippen LogP contribution in [0.4, 0.5) is 0 Å². The van der Waals surface area contributed by atoms with Crippen LogP contribution in [0.25, 0.3) is 0 Å². The maximum Gasteiger partial charge on any atom is 0.191 e. The number of hydrogen-bond acceptors (Lipinski definition) is 4. The van der Waals surface area contributed by atoms with Crippen LogP contribution in [-0.4, -0.2) is 55.8 Å². The number of guanidine groups is 1. The molecule has 2 atom stereocenters. The van der Waals surface area contributed by atoms with E-state index in [1.165, 1.54) is 19.4 Å². The van der Waals surface area contributed by atoms with E-state index in [2.05, 4.69) is 35.4 Å². The fourth-order valence-electron chi connectivity index (χ4n) is 3.97. The first-order valence-electron chi connectivity index (χ1n) is 10.4. The lowest BCUT2D eigenvalue weighted by Gasteiger charge is -2.20. The van der Waals surface area contributed by atoms with Crippen LogP contribution in [0.2, 0.25) is 0 Å². The molecule has 0 amide bonds. The van der Waals surface area contributed by atoms with Gasteiger partial charge in [0.05, 0.1) is 19.8 Å². The van der Waals surface area contributed by atoms with Gasteiger partial charge >= 0.3 is 0 Å². The fraction of sp³-hybridized carbons (Fsp3) is 0.667. The van der Waals surface area contributed by atoms with Gasteiger partial charge < -0.3 is 20.1 Å². The van der Waals surface area contributed by atoms with Crippen LogP contribution < -0.4 is 20.1 Å². The highest BCUT2D eigenvalue weighted by Gasteiger charge is 2.38. The topological polar surface area (TPSA) is 58.1 Å². The third kappa shape index (κ3) is 5.23. The second kappa shape index (κ2) is 10.0. The minimum atomic E-state index is 0. The highest BCUT2D eigenvalue weighted by molar-refractivity contribution is 14.0. The number of nitrogens with zero attached hydrogens (tertiary/aromatic N) is 2. The smallest absolute Gasteiger partial charge is 0.191 e. The van der Waals surface area contributed by atoms with Crippen LogP contribution in [0.1, 0.15) is 38.7 Å². The molecule has 156 valence electrons. The average Bonchev–Trinajstić information content (AvgIpc) is 3.47. The van der Waals surface area contributed by atoms with Crippen LogP contribution in [0, 0.1) is 5.92 Å². The number of aliphatic imine (C=N–C) groups is 1. The summed E-state index contributed by atoms with van der Waals surface area (Å²) in [5.41, 5.74) is 1.07. The Balaban J connectivity index is 0.00000225. The summed E-state index contributed by atoms with van der Waals surface area (Å²) in [5, 5.41) is 7.07. The lowest BCUT2D eigenvalue weighted by Crippen LogP contribution is -2.46. The van der Waals surface area contributed by atoms with Crippen LogP contribution in [0.15, 0.2) is 23.2 Å². The van der Waals surface area contributed by atoms with Crippen molar-refractivity contribution in [3.05, 3.63) is 23.8 Å². The number of likely N-dealkylation sites (tertiary alicyclic amines) is 1. The molecule has 0 aromatic heterocycles. The Morgan fingerprint density at radius 2 is 2.04 bits per heavy atom. The van der Waals surface area contributed by atoms with E-state index < -0.39 is 0 Å². The Morgan fingerprint density at radius 1 is 1.21 bits per heavy atom. The molecule has 3 aliphatic rings. The molecule has 2 aliphatic heterocycles. The highest BCUT2D eigenvalue weighted by atomic mass is 127. The van der Waals surface area contributed by atoms with E-state index in [0.717, 1.165) is 48.6 Å². The minimum Gasteiger partial charge on any atom is -0.490 e. The summed E-state index contributed by atoms with van der Waals surface area (Å²) in [5.74, 6) is 3.21. The largest absolute Gasteiger partial charge is 0.490 e. The molecule has 0 bridgehead atoms. The quantitative estimate of drug-likeness (QED) is 0.370. The van der Waals surface area contributed by atoms with Gasteiger partial charge in [0.15, 0.2) is 17.5 Å². The summed E-state index contributed by atoms with van der Waals surface area (Å²) in [6, 6.07) is 7.36. The number of ether oxygens (including phenoxy) is 2. The molecule has 1 aromatic rings. The molecule has 1 aromatic carbocycles. The molecule has 7 heteroatoms. The van der Waals surface area contributed by atoms with Crippen molar-refractivity contribution in [2.24, 2.45) is 10.9 Å². The number of para-hydroxylation sites is 1. The van der Waals surface area contributed by atoms with Gasteiger partial charge in [0.2, 0.25) is 0 Å². The number of hydrogen-bond donors (Lipinski definition) is 2. The van der Waals surface area contributed by atoms with E-state index in [9.17, 15) is 0 Å². The second-order valence-corrected chi connectivity index (χ2v) is 7.90. The molecule has 6 nitrogen and oxygen atoms in total. The number of rotatable bonds is 5. The molecule has 2 unspecified atom stereocenters. The summed E-state index contributed by atoms with van der Waals surface area (Å²) in [7, 11) is 0. The first kappa shape index (κ1) is 21.5. The monoisotopic (exact) mass is 500 g/mol. The summed E-state index contributed by atoms with van der Waals surface area (Å²) in [6.07, 6.45) is 3.65. The molecule has 2 fully saturated rings. The number of fused-ring (bicyclic) bond motifs is 1. The van der Waals surface area contributed by atoms with Crippen molar-refractivity contribution in [2.45, 2.75) is 51.7 Å². The summed E-state index contributed by atoms with van der Waals surface area (Å²) in [6.45, 7) is 9.60. The van der Waals surface area contributed by atoms with Crippen LogP contribution in [-0.2, 0) is 6.54 Å². The van der Waals surface area contributed by atoms with Gasteiger partial charge in [-0.3, -0.25) is 4.90 Å². The molecule has 2 heterocycles. The van der Waals surface area contributed by atoms with Gasteiger partial charge in [-0.05, 0) is 31.7 Å². The van der Waals surface area contributed by atoms with E-state index in [4.69, 9.17) is 14.5 Å². The number of halogens is 1. The van der Waals surface area contributed by atoms with Gasteiger partial charge in [0.1, 0.15) is 0 Å². The van der Waals surface area contributed by atoms with Crippen molar-refractivity contribution < 1.29 is 9.47 Å². The van der Waals surface area contributed by atoms with Gasteiger partial charge in [0.25, 0.3) is 0 Å². The van der Waals surface area contributed by atoms with E-state index in [0.29, 0.717) is 31.7 Å². The Kier molecular flexibility index (Phi) is 7.68. The zero-order chi connectivity index (χ0) is 18.6. The third-order valence-electron chi connectivity index (χ3n) is 5.63. The van der Waals surface area contributed by atoms with Crippen LogP contribution in [0.5, 0.6) is 11.5 Å². The van der Waals surface area contributed by atoms with Crippen molar-refractivity contribution in [2.75, 3.05) is 32.8 Å². The van der Waals surface area contributed by atoms with Gasteiger partial charge in [-0.25, -0.2) is 4.99 Å². The number of benzene rings is 1. The average molecular weight is 500 g/mol. The lowest BCUT2D eigenvalue weighted by atomic mass is 10.1. The normalized spacial score (nSPS) is 25.0. The van der Waals surface area contributed by atoms with E-state index in [-0.39, 0.29) is 24.0 Å². The van der Waals surface area contributed by atoms with Crippen molar-refractivity contribution in [1.82, 2.24) is 15.5 Å². The third-order valence-corrected chi connectivity index (χ3v) is 5.63. The molecule has 1 saturated heterocycles. The zero-order valence-corrected chi connectivity index (χ0v) is 19.3.